The fraction of sp³-hybridized carbons (Fsp3) is 0.333. The number of rotatable bonds is 3. The highest BCUT2D eigenvalue weighted by Crippen LogP contribution is 2.10. The molecule has 0 heterocycles. The Bertz CT molecular complexity index is 224. The predicted octanol–water partition coefficient (Wildman–Crippen LogP) is 4.03. The van der Waals surface area contributed by atoms with Crippen LogP contribution < -0.4 is 0 Å². The van der Waals surface area contributed by atoms with Gasteiger partial charge in [-0.25, -0.2) is 0 Å². The minimum absolute atomic E-state index is 1.29. The molecular weight excluding hydrogens is 144 g/mol. The van der Waals surface area contributed by atoms with Gasteiger partial charge in [-0.05, 0) is 38.8 Å². The number of hydrogen-bond acceptors (Lipinski definition) is 0. The molecule has 0 aliphatic carbocycles. The standard InChI is InChI=1S/C12H18/c1-5-8-10-11(4)12(7-3)9-6-2/h5-10H,1-4H3/b8-5+,9-6-,11-10-,12-7-. The molecule has 0 rings (SSSR count). The molecule has 0 amide bonds. The predicted molar refractivity (Wildman–Crippen MR) is 57.1 cm³/mol. The van der Waals surface area contributed by atoms with Crippen molar-refractivity contribution >= 4 is 0 Å². The summed E-state index contributed by atoms with van der Waals surface area (Å²) in [5.74, 6) is 0. The lowest BCUT2D eigenvalue weighted by molar-refractivity contribution is 1.40. The first-order chi connectivity index (χ1) is 5.76. The molecule has 0 unspecified atom stereocenters. The van der Waals surface area contributed by atoms with E-state index in [4.69, 9.17) is 0 Å². The van der Waals surface area contributed by atoms with Crippen molar-refractivity contribution in [1.82, 2.24) is 0 Å². The van der Waals surface area contributed by atoms with Gasteiger partial charge in [0.05, 0.1) is 0 Å². The quantitative estimate of drug-likeness (QED) is 0.549. The van der Waals surface area contributed by atoms with Gasteiger partial charge in [0, 0.05) is 0 Å². The summed E-state index contributed by atoms with van der Waals surface area (Å²) in [4.78, 5) is 0. The average molecular weight is 162 g/mol. The van der Waals surface area contributed by atoms with E-state index >= 15 is 0 Å². The Kier molecular flexibility index (Phi) is 6.08. The Morgan fingerprint density at radius 2 is 1.67 bits per heavy atom. The van der Waals surface area contributed by atoms with Crippen LogP contribution in [0, 0.1) is 0 Å². The maximum atomic E-state index is 2.12. The normalized spacial score (nSPS) is 15.0. The summed E-state index contributed by atoms with van der Waals surface area (Å²) in [6, 6.07) is 0. The van der Waals surface area contributed by atoms with Crippen LogP contribution in [0.4, 0.5) is 0 Å². The first-order valence-electron chi connectivity index (χ1n) is 4.35. The summed E-state index contributed by atoms with van der Waals surface area (Å²) in [6.45, 7) is 8.24. The minimum Gasteiger partial charge on any atom is -0.0877 e. The third-order valence-corrected chi connectivity index (χ3v) is 1.65. The van der Waals surface area contributed by atoms with Gasteiger partial charge in [0.1, 0.15) is 0 Å². The van der Waals surface area contributed by atoms with Crippen molar-refractivity contribution < 1.29 is 0 Å². The van der Waals surface area contributed by atoms with Gasteiger partial charge in [0.25, 0.3) is 0 Å². The van der Waals surface area contributed by atoms with E-state index in [0.717, 1.165) is 0 Å². The SMILES string of the molecule is C\C=C/C(=C/C)C(/C)=C\C=C\C. The van der Waals surface area contributed by atoms with Crippen molar-refractivity contribution in [3.63, 3.8) is 0 Å². The van der Waals surface area contributed by atoms with Gasteiger partial charge >= 0.3 is 0 Å². The van der Waals surface area contributed by atoms with Crippen LogP contribution in [0.5, 0.6) is 0 Å². The van der Waals surface area contributed by atoms with Gasteiger partial charge < -0.3 is 0 Å². The molecule has 0 heteroatoms. The summed E-state index contributed by atoms with van der Waals surface area (Å²) in [5.41, 5.74) is 2.59. The molecule has 0 aliphatic heterocycles. The first kappa shape index (κ1) is 11.0. The molecule has 0 spiro atoms. The highest BCUT2D eigenvalue weighted by molar-refractivity contribution is 5.39. The van der Waals surface area contributed by atoms with E-state index in [1.165, 1.54) is 11.1 Å². The Labute approximate surface area is 76.0 Å². The smallest absolute Gasteiger partial charge is 0.0273 e. The third kappa shape index (κ3) is 3.97. The van der Waals surface area contributed by atoms with Crippen molar-refractivity contribution in [2.24, 2.45) is 0 Å². The molecule has 0 radical (unpaired) electrons. The second-order valence-corrected chi connectivity index (χ2v) is 2.62. The fourth-order valence-corrected chi connectivity index (χ4v) is 0.972. The van der Waals surface area contributed by atoms with Gasteiger partial charge in [-0.3, -0.25) is 0 Å². The molecule has 0 aliphatic rings. The van der Waals surface area contributed by atoms with Crippen LogP contribution >= 0.6 is 0 Å². The van der Waals surface area contributed by atoms with E-state index < -0.39 is 0 Å². The molecule has 0 bridgehead atoms. The maximum Gasteiger partial charge on any atom is -0.0273 e. The van der Waals surface area contributed by atoms with E-state index in [0.29, 0.717) is 0 Å². The van der Waals surface area contributed by atoms with Crippen molar-refractivity contribution in [2.75, 3.05) is 0 Å². The van der Waals surface area contributed by atoms with Gasteiger partial charge in [-0.1, -0.05) is 36.5 Å². The molecule has 0 aromatic heterocycles. The van der Waals surface area contributed by atoms with E-state index in [2.05, 4.69) is 44.2 Å². The van der Waals surface area contributed by atoms with Crippen molar-refractivity contribution in [3.05, 3.63) is 47.6 Å². The second kappa shape index (κ2) is 6.66. The van der Waals surface area contributed by atoms with E-state index in [1.807, 2.05) is 19.9 Å². The molecule has 0 aromatic carbocycles. The maximum absolute atomic E-state index is 2.12. The van der Waals surface area contributed by atoms with Crippen LogP contribution in [0.15, 0.2) is 47.6 Å². The van der Waals surface area contributed by atoms with Crippen LogP contribution in [-0.4, -0.2) is 0 Å². The highest BCUT2D eigenvalue weighted by atomic mass is 14.0. The molecular formula is C12H18. The zero-order chi connectivity index (χ0) is 9.40. The Morgan fingerprint density at radius 3 is 2.08 bits per heavy atom. The number of hydrogen-bond donors (Lipinski definition) is 0. The van der Waals surface area contributed by atoms with Gasteiger partial charge in [-0.2, -0.15) is 0 Å². The Balaban J connectivity index is 4.53. The van der Waals surface area contributed by atoms with Crippen LogP contribution in [0.25, 0.3) is 0 Å². The van der Waals surface area contributed by atoms with Crippen LogP contribution in [0.3, 0.4) is 0 Å². The minimum atomic E-state index is 1.29. The zero-order valence-electron chi connectivity index (χ0n) is 8.46. The molecule has 12 heavy (non-hydrogen) atoms. The van der Waals surface area contributed by atoms with Crippen molar-refractivity contribution in [1.29, 1.82) is 0 Å². The van der Waals surface area contributed by atoms with Crippen molar-refractivity contribution in [2.45, 2.75) is 27.7 Å². The molecule has 0 aromatic rings. The zero-order valence-corrected chi connectivity index (χ0v) is 8.46. The summed E-state index contributed by atoms with van der Waals surface area (Å²) in [6.07, 6.45) is 12.5. The van der Waals surface area contributed by atoms with Crippen LogP contribution in [0.2, 0.25) is 0 Å². The van der Waals surface area contributed by atoms with Gasteiger partial charge in [-0.15, -0.1) is 0 Å². The molecule has 66 valence electrons. The van der Waals surface area contributed by atoms with Crippen molar-refractivity contribution in [3.8, 4) is 0 Å². The van der Waals surface area contributed by atoms with Crippen LogP contribution in [-0.2, 0) is 0 Å². The third-order valence-electron chi connectivity index (χ3n) is 1.65. The Morgan fingerprint density at radius 1 is 1.00 bits per heavy atom. The molecule has 0 N–H and O–H groups in total. The molecule has 0 nitrogen and oxygen atoms in total. The second-order valence-electron chi connectivity index (χ2n) is 2.62. The van der Waals surface area contributed by atoms with Gasteiger partial charge in [0.15, 0.2) is 0 Å². The van der Waals surface area contributed by atoms with Gasteiger partial charge in [0.2, 0.25) is 0 Å². The lowest BCUT2D eigenvalue weighted by atomic mass is 10.1. The lowest BCUT2D eigenvalue weighted by Gasteiger charge is -1.99. The monoisotopic (exact) mass is 162 g/mol. The molecule has 0 saturated heterocycles. The Hall–Kier alpha value is -1.04. The summed E-state index contributed by atoms with van der Waals surface area (Å²) in [5, 5.41) is 0. The largest absolute Gasteiger partial charge is 0.0877 e. The van der Waals surface area contributed by atoms with Crippen LogP contribution in [0.1, 0.15) is 27.7 Å². The summed E-state index contributed by atoms with van der Waals surface area (Å²) < 4.78 is 0. The molecule has 0 atom stereocenters. The topological polar surface area (TPSA) is 0 Å². The van der Waals surface area contributed by atoms with E-state index in [1.54, 1.807) is 0 Å². The van der Waals surface area contributed by atoms with E-state index in [9.17, 15) is 0 Å². The van der Waals surface area contributed by atoms with E-state index in [-0.39, 0.29) is 0 Å². The lowest BCUT2D eigenvalue weighted by Crippen LogP contribution is -1.78. The average Bonchev–Trinajstić information content (AvgIpc) is 2.10. The highest BCUT2D eigenvalue weighted by Gasteiger charge is 1.90. The first-order valence-corrected chi connectivity index (χ1v) is 4.35. The summed E-state index contributed by atoms with van der Waals surface area (Å²) in [7, 11) is 0. The molecule has 0 saturated carbocycles. The fourth-order valence-electron chi connectivity index (χ4n) is 0.972. The summed E-state index contributed by atoms with van der Waals surface area (Å²) >= 11 is 0. The molecule has 0 fully saturated rings. The number of allylic oxidation sites excluding steroid dienone is 8.